The van der Waals surface area contributed by atoms with Crippen LogP contribution < -0.4 is 10.1 Å². The number of ether oxygens (including phenoxy) is 2. The maximum Gasteiger partial charge on any atom is 0.341 e. The Labute approximate surface area is 245 Å². The van der Waals surface area contributed by atoms with Crippen LogP contribution in [0, 0.1) is 0 Å². The molecule has 0 saturated carbocycles. The number of esters is 2. The smallest absolute Gasteiger partial charge is 0.341 e. The van der Waals surface area contributed by atoms with E-state index in [1.54, 1.807) is 29.7 Å². The van der Waals surface area contributed by atoms with Crippen LogP contribution in [-0.2, 0) is 48.3 Å². The van der Waals surface area contributed by atoms with E-state index in [0.29, 0.717) is 23.2 Å². The van der Waals surface area contributed by atoms with Crippen LogP contribution in [0.1, 0.15) is 64.3 Å². The van der Waals surface area contributed by atoms with E-state index in [1.807, 2.05) is 6.92 Å². The van der Waals surface area contributed by atoms with Crippen molar-refractivity contribution in [1.29, 1.82) is 0 Å². The maximum absolute atomic E-state index is 12.8. The third-order valence-corrected chi connectivity index (χ3v) is 10.1. The minimum atomic E-state index is -4.17. The molecule has 1 aromatic carbocycles. The van der Waals surface area contributed by atoms with Crippen molar-refractivity contribution in [3.05, 3.63) is 44.6 Å². The van der Waals surface area contributed by atoms with Crippen LogP contribution >= 0.6 is 22.7 Å². The first-order chi connectivity index (χ1) is 19.6. The molecule has 0 saturated heterocycles. The molecule has 1 aliphatic carbocycles. The van der Waals surface area contributed by atoms with Crippen molar-refractivity contribution in [2.45, 2.75) is 52.5 Å². The van der Waals surface area contributed by atoms with Gasteiger partial charge >= 0.3 is 11.9 Å². The van der Waals surface area contributed by atoms with Crippen molar-refractivity contribution in [2.24, 2.45) is 4.99 Å². The van der Waals surface area contributed by atoms with Crippen molar-refractivity contribution >= 4 is 71.5 Å². The van der Waals surface area contributed by atoms with Gasteiger partial charge in [0.25, 0.3) is 5.91 Å². The van der Waals surface area contributed by atoms with Crippen molar-refractivity contribution in [3.8, 4) is 0 Å². The number of carbonyl (C=O) groups excluding carboxylic acids is 4. The van der Waals surface area contributed by atoms with Gasteiger partial charge in [-0.1, -0.05) is 17.8 Å². The third-order valence-electron chi connectivity index (χ3n) is 6.49. The average Bonchev–Trinajstić information content (AvgIpc) is 3.33. The highest BCUT2D eigenvalue weighted by molar-refractivity contribution is 7.92. The summed E-state index contributed by atoms with van der Waals surface area (Å²) in [5.41, 5.74) is 2.20. The van der Waals surface area contributed by atoms with E-state index in [1.165, 1.54) is 18.4 Å². The highest BCUT2D eigenvalue weighted by atomic mass is 32.2. The Morgan fingerprint density at radius 1 is 1.02 bits per heavy atom. The summed E-state index contributed by atoms with van der Waals surface area (Å²) in [5.74, 6) is -4.73. The van der Waals surface area contributed by atoms with Gasteiger partial charge in [-0.25, -0.2) is 18.0 Å². The van der Waals surface area contributed by atoms with Crippen LogP contribution in [-0.4, -0.2) is 62.0 Å². The van der Waals surface area contributed by atoms with Crippen molar-refractivity contribution in [1.82, 2.24) is 4.57 Å². The molecule has 4 rings (SSSR count). The van der Waals surface area contributed by atoms with Crippen LogP contribution in [0.2, 0.25) is 0 Å². The molecule has 2 heterocycles. The quantitative estimate of drug-likeness (QED) is 0.282. The number of carbonyl (C=O) groups is 4. The molecule has 0 radical (unpaired) electrons. The normalized spacial score (nSPS) is 13.9. The van der Waals surface area contributed by atoms with Crippen LogP contribution in [0.5, 0.6) is 0 Å². The lowest BCUT2D eigenvalue weighted by molar-refractivity contribution is -0.115. The van der Waals surface area contributed by atoms with Gasteiger partial charge in [-0.15, -0.1) is 11.3 Å². The number of fused-ring (bicyclic) bond motifs is 2. The van der Waals surface area contributed by atoms with Crippen LogP contribution in [0.25, 0.3) is 10.2 Å². The first-order valence-corrected chi connectivity index (χ1v) is 16.6. The molecule has 0 atom stereocenters. The van der Waals surface area contributed by atoms with Gasteiger partial charge < -0.3 is 19.4 Å². The summed E-state index contributed by atoms with van der Waals surface area (Å²) < 4.78 is 37.9. The summed E-state index contributed by atoms with van der Waals surface area (Å²) in [6.07, 6.45) is 4.36. The summed E-state index contributed by atoms with van der Waals surface area (Å²) in [7, 11) is -2.92. The fourth-order valence-electron chi connectivity index (χ4n) is 4.69. The van der Waals surface area contributed by atoms with Gasteiger partial charge in [0, 0.05) is 11.4 Å². The summed E-state index contributed by atoms with van der Waals surface area (Å²) in [6, 6.07) is 4.98. The monoisotopic (exact) mass is 621 g/mol. The zero-order chi connectivity index (χ0) is 29.7. The van der Waals surface area contributed by atoms with E-state index in [0.717, 1.165) is 53.0 Å². The van der Waals surface area contributed by atoms with Crippen LogP contribution in [0.3, 0.4) is 0 Å². The average molecular weight is 622 g/mol. The Hall–Kier alpha value is -3.36. The van der Waals surface area contributed by atoms with Crippen molar-refractivity contribution in [3.63, 3.8) is 0 Å². The Bertz CT molecular complexity index is 1680. The molecule has 14 heteroatoms. The number of nitrogens with one attached hydrogen (secondary N) is 1. The third kappa shape index (κ3) is 7.11. The summed E-state index contributed by atoms with van der Waals surface area (Å²) in [5, 5.41) is 2.82. The number of hydrogen-bond donors (Lipinski definition) is 1. The molecule has 0 aliphatic heterocycles. The standard InChI is InChI=1S/C27H31N3O8S3/c1-4-30-18-12-11-16(25(33)38-5-2)13-20(18)40-27(30)29-22(32)15-41(35,36)14-21(31)28-24-23(26(34)37-3)17-9-7-6-8-10-19(17)39-24/h11-13H,4-10,14-15H2,1-3H3,(H,28,31). The Kier molecular flexibility index (Phi) is 9.76. The number of thiazole rings is 1. The maximum atomic E-state index is 12.8. The number of sulfone groups is 1. The highest BCUT2D eigenvalue weighted by Crippen LogP contribution is 2.38. The van der Waals surface area contributed by atoms with Gasteiger partial charge in [-0.3, -0.25) is 9.59 Å². The number of methoxy groups -OCH3 is 1. The molecule has 0 fully saturated rings. The fourth-order valence-corrected chi connectivity index (χ4v) is 8.15. The number of benzene rings is 1. The molecule has 0 unspecified atom stereocenters. The van der Waals surface area contributed by atoms with Crippen molar-refractivity contribution in [2.75, 3.05) is 30.5 Å². The number of anilines is 1. The first-order valence-electron chi connectivity index (χ1n) is 13.2. The number of aryl methyl sites for hydroxylation is 2. The van der Waals surface area contributed by atoms with E-state index in [-0.39, 0.29) is 22.0 Å². The lowest BCUT2D eigenvalue weighted by Crippen LogP contribution is -2.28. The van der Waals surface area contributed by atoms with Crippen molar-refractivity contribution < 1.29 is 37.1 Å². The minimum Gasteiger partial charge on any atom is -0.465 e. The van der Waals surface area contributed by atoms with Gasteiger partial charge in [0.1, 0.15) is 16.5 Å². The molecule has 1 aliphatic rings. The topological polar surface area (TPSA) is 150 Å². The second-order valence-corrected chi connectivity index (χ2v) is 13.6. The van der Waals surface area contributed by atoms with Gasteiger partial charge in [-0.2, -0.15) is 4.99 Å². The predicted octanol–water partition coefficient (Wildman–Crippen LogP) is 3.50. The number of rotatable bonds is 9. The highest BCUT2D eigenvalue weighted by Gasteiger charge is 2.28. The van der Waals surface area contributed by atoms with E-state index >= 15 is 0 Å². The second-order valence-electron chi connectivity index (χ2n) is 9.38. The van der Waals surface area contributed by atoms with Gasteiger partial charge in [0.05, 0.1) is 35.1 Å². The van der Waals surface area contributed by atoms with Gasteiger partial charge in [0.2, 0.25) is 5.91 Å². The summed E-state index contributed by atoms with van der Waals surface area (Å²) in [4.78, 5) is 55.3. The van der Waals surface area contributed by atoms with Crippen LogP contribution in [0.4, 0.5) is 5.00 Å². The number of nitrogens with zero attached hydrogens (tertiary/aromatic N) is 2. The molecule has 2 amide bonds. The predicted molar refractivity (Wildman–Crippen MR) is 156 cm³/mol. The molecule has 2 aromatic heterocycles. The molecule has 0 spiro atoms. The second kappa shape index (κ2) is 13.1. The van der Waals surface area contributed by atoms with Crippen LogP contribution in [0.15, 0.2) is 23.2 Å². The lowest BCUT2D eigenvalue weighted by Gasteiger charge is -2.07. The fraction of sp³-hybridized carbons (Fsp3) is 0.444. The molecule has 1 N–H and O–H groups in total. The molecule has 0 bridgehead atoms. The summed E-state index contributed by atoms with van der Waals surface area (Å²) >= 11 is 2.40. The largest absolute Gasteiger partial charge is 0.465 e. The number of amides is 2. The number of hydrogen-bond acceptors (Lipinski definition) is 10. The number of thiophene rings is 1. The lowest BCUT2D eigenvalue weighted by atomic mass is 10.1. The van der Waals surface area contributed by atoms with Gasteiger partial charge in [0.15, 0.2) is 14.6 Å². The Morgan fingerprint density at radius 2 is 1.78 bits per heavy atom. The summed E-state index contributed by atoms with van der Waals surface area (Å²) in [6.45, 7) is 4.25. The zero-order valence-corrected chi connectivity index (χ0v) is 25.4. The number of aromatic nitrogens is 1. The van der Waals surface area contributed by atoms with Gasteiger partial charge in [-0.05, 0) is 63.3 Å². The molecule has 220 valence electrons. The minimum absolute atomic E-state index is 0.236. The molecule has 11 nitrogen and oxygen atoms in total. The molecule has 41 heavy (non-hydrogen) atoms. The Balaban J connectivity index is 1.50. The van der Waals surface area contributed by atoms with E-state index < -0.39 is 45.1 Å². The molecular weight excluding hydrogens is 591 g/mol. The molecule has 3 aromatic rings. The molecular formula is C27H31N3O8S3. The van der Waals surface area contributed by atoms with E-state index in [2.05, 4.69) is 10.3 Å². The van der Waals surface area contributed by atoms with E-state index in [4.69, 9.17) is 9.47 Å². The van der Waals surface area contributed by atoms with E-state index in [9.17, 15) is 27.6 Å². The first kappa shape index (κ1) is 30.6. The Morgan fingerprint density at radius 3 is 2.49 bits per heavy atom. The zero-order valence-electron chi connectivity index (χ0n) is 23.0. The SMILES string of the molecule is CCOC(=O)c1ccc2c(c1)sc(=NC(=O)CS(=O)(=O)CC(=O)Nc1sc3c(c1C(=O)OC)CCCCC3)n2CC.